The Hall–Kier alpha value is -8.48. The third kappa shape index (κ3) is 6.04. The Morgan fingerprint density at radius 1 is 0.274 bits per heavy atom. The van der Waals surface area contributed by atoms with Gasteiger partial charge < -0.3 is 9.13 Å². The van der Waals surface area contributed by atoms with E-state index >= 15 is 0 Å². The third-order valence-corrected chi connectivity index (χ3v) is 11.8. The molecule has 62 heavy (non-hydrogen) atoms. The quantitative estimate of drug-likeness (QED) is 0.161. The fourth-order valence-corrected chi connectivity index (χ4v) is 8.89. The molecule has 0 saturated carbocycles. The second kappa shape index (κ2) is 14.7. The standard InChI is InChI=1S/C56H36N6/c1-4-14-38(15-5-1)54-58-55(39-16-6-2-7-17-39)60-56(59-54)42-32-33-57-49(36-42)41-27-31-53-48(35-41)46-21-11-13-23-51(46)62(53)44-28-24-37(25-29-44)40-26-30-52-47(34-40)45-20-10-12-22-50(45)61(52)43-18-8-3-9-19-43/h1-36H. The molecule has 12 rings (SSSR count). The zero-order valence-corrected chi connectivity index (χ0v) is 33.5. The van der Waals surface area contributed by atoms with Crippen molar-refractivity contribution in [3.8, 4) is 67.9 Å². The van der Waals surface area contributed by atoms with E-state index in [4.69, 9.17) is 19.9 Å². The van der Waals surface area contributed by atoms with Gasteiger partial charge in [-0.1, -0.05) is 140 Å². The molecule has 0 atom stereocenters. The third-order valence-electron chi connectivity index (χ3n) is 11.8. The topological polar surface area (TPSA) is 61.4 Å². The van der Waals surface area contributed by atoms with Crippen LogP contribution in [-0.4, -0.2) is 29.1 Å². The van der Waals surface area contributed by atoms with Crippen molar-refractivity contribution in [2.75, 3.05) is 0 Å². The number of benzene rings is 8. The molecular formula is C56H36N6. The van der Waals surface area contributed by atoms with E-state index in [1.165, 1.54) is 38.3 Å². The predicted octanol–water partition coefficient (Wildman–Crippen LogP) is 13.8. The lowest BCUT2D eigenvalue weighted by atomic mass is 10.0. The molecule has 0 aliphatic heterocycles. The maximum atomic E-state index is 4.97. The second-order valence-corrected chi connectivity index (χ2v) is 15.5. The highest BCUT2D eigenvalue weighted by atomic mass is 15.0. The number of fused-ring (bicyclic) bond motifs is 6. The number of hydrogen-bond donors (Lipinski definition) is 0. The van der Waals surface area contributed by atoms with Crippen LogP contribution in [0, 0.1) is 0 Å². The lowest BCUT2D eigenvalue weighted by molar-refractivity contribution is 1.07. The van der Waals surface area contributed by atoms with E-state index in [-0.39, 0.29) is 0 Å². The first kappa shape index (κ1) is 35.5. The first-order chi connectivity index (χ1) is 30.7. The van der Waals surface area contributed by atoms with E-state index in [1.807, 2.05) is 72.9 Å². The first-order valence-corrected chi connectivity index (χ1v) is 20.8. The van der Waals surface area contributed by atoms with Crippen molar-refractivity contribution in [2.24, 2.45) is 0 Å². The number of para-hydroxylation sites is 3. The van der Waals surface area contributed by atoms with Crippen LogP contribution in [0.2, 0.25) is 0 Å². The zero-order chi connectivity index (χ0) is 41.0. The van der Waals surface area contributed by atoms with Gasteiger partial charge in [-0.2, -0.15) is 0 Å². The van der Waals surface area contributed by atoms with Crippen LogP contribution < -0.4 is 0 Å². The van der Waals surface area contributed by atoms with Crippen LogP contribution >= 0.6 is 0 Å². The molecule has 0 aliphatic carbocycles. The summed E-state index contributed by atoms with van der Waals surface area (Å²) in [7, 11) is 0. The Labute approximate surface area is 357 Å². The molecule has 0 unspecified atom stereocenters. The van der Waals surface area contributed by atoms with Crippen LogP contribution in [0.3, 0.4) is 0 Å². The Balaban J connectivity index is 0.915. The maximum absolute atomic E-state index is 4.97. The molecule has 8 aromatic carbocycles. The summed E-state index contributed by atoms with van der Waals surface area (Å²) in [5.41, 5.74) is 13.9. The summed E-state index contributed by atoms with van der Waals surface area (Å²) in [6, 6.07) is 74.5. The summed E-state index contributed by atoms with van der Waals surface area (Å²) in [4.78, 5) is 19.7. The Bertz CT molecular complexity index is 3550. The van der Waals surface area contributed by atoms with E-state index in [0.29, 0.717) is 17.5 Å². The average molecular weight is 793 g/mol. The molecule has 0 N–H and O–H groups in total. The zero-order valence-electron chi connectivity index (χ0n) is 33.5. The van der Waals surface area contributed by atoms with E-state index < -0.39 is 0 Å². The van der Waals surface area contributed by atoms with Gasteiger partial charge >= 0.3 is 0 Å². The van der Waals surface area contributed by atoms with Gasteiger partial charge in [0.15, 0.2) is 17.5 Å². The van der Waals surface area contributed by atoms with Crippen LogP contribution in [0.4, 0.5) is 0 Å². The highest BCUT2D eigenvalue weighted by Gasteiger charge is 2.17. The molecule has 290 valence electrons. The fourth-order valence-electron chi connectivity index (χ4n) is 8.89. The molecule has 4 aromatic heterocycles. The normalized spacial score (nSPS) is 11.5. The Kier molecular flexibility index (Phi) is 8.38. The van der Waals surface area contributed by atoms with E-state index in [1.54, 1.807) is 0 Å². The minimum Gasteiger partial charge on any atom is -0.309 e. The summed E-state index contributed by atoms with van der Waals surface area (Å²) < 4.78 is 4.72. The van der Waals surface area contributed by atoms with Crippen molar-refractivity contribution in [1.29, 1.82) is 0 Å². The summed E-state index contributed by atoms with van der Waals surface area (Å²) in [6.45, 7) is 0. The summed E-state index contributed by atoms with van der Waals surface area (Å²) >= 11 is 0. The molecule has 6 nitrogen and oxygen atoms in total. The largest absolute Gasteiger partial charge is 0.309 e. The van der Waals surface area contributed by atoms with Gasteiger partial charge in [-0.3, -0.25) is 4.98 Å². The van der Waals surface area contributed by atoms with Crippen LogP contribution in [0.25, 0.3) is 112 Å². The molecule has 6 heteroatoms. The monoisotopic (exact) mass is 792 g/mol. The van der Waals surface area contributed by atoms with Crippen LogP contribution in [0.1, 0.15) is 0 Å². The first-order valence-electron chi connectivity index (χ1n) is 20.8. The maximum Gasteiger partial charge on any atom is 0.164 e. The molecule has 0 amide bonds. The van der Waals surface area contributed by atoms with Gasteiger partial charge in [0, 0.05) is 61.4 Å². The molecule has 0 radical (unpaired) electrons. The number of nitrogens with zero attached hydrogens (tertiary/aromatic N) is 6. The second-order valence-electron chi connectivity index (χ2n) is 15.5. The highest BCUT2D eigenvalue weighted by Crippen LogP contribution is 2.38. The van der Waals surface area contributed by atoms with Crippen molar-refractivity contribution in [3.63, 3.8) is 0 Å². The minimum absolute atomic E-state index is 0.598. The van der Waals surface area contributed by atoms with Crippen molar-refractivity contribution in [2.45, 2.75) is 0 Å². The van der Waals surface area contributed by atoms with Gasteiger partial charge in [0.2, 0.25) is 0 Å². The van der Waals surface area contributed by atoms with Gasteiger partial charge in [-0.25, -0.2) is 15.0 Å². The van der Waals surface area contributed by atoms with Gasteiger partial charge in [0.25, 0.3) is 0 Å². The van der Waals surface area contributed by atoms with Crippen molar-refractivity contribution in [3.05, 3.63) is 219 Å². The number of aromatic nitrogens is 6. The van der Waals surface area contributed by atoms with Gasteiger partial charge in [0.1, 0.15) is 0 Å². The van der Waals surface area contributed by atoms with Crippen LogP contribution in [-0.2, 0) is 0 Å². The lowest BCUT2D eigenvalue weighted by Gasteiger charge is -2.11. The van der Waals surface area contributed by atoms with Crippen molar-refractivity contribution in [1.82, 2.24) is 29.1 Å². The average Bonchev–Trinajstić information content (AvgIpc) is 3.87. The molecule has 0 bridgehead atoms. The molecule has 0 spiro atoms. The highest BCUT2D eigenvalue weighted by molar-refractivity contribution is 6.11. The smallest absolute Gasteiger partial charge is 0.164 e. The molecule has 0 saturated heterocycles. The van der Waals surface area contributed by atoms with E-state index in [9.17, 15) is 0 Å². The molecule has 0 aliphatic rings. The van der Waals surface area contributed by atoms with E-state index in [2.05, 4.69) is 155 Å². The van der Waals surface area contributed by atoms with Gasteiger partial charge in [-0.15, -0.1) is 0 Å². The molecule has 12 aromatic rings. The SMILES string of the molecule is c1ccc(-c2nc(-c3ccccc3)nc(-c3ccnc(-c4ccc5c(c4)c4ccccc4n5-c4ccc(-c5ccc6c(c5)c5ccccc5n6-c5ccccc5)cc4)c3)n2)cc1. The number of pyridine rings is 1. The Morgan fingerprint density at radius 2 is 0.710 bits per heavy atom. The minimum atomic E-state index is 0.598. The summed E-state index contributed by atoms with van der Waals surface area (Å²) in [5.74, 6) is 1.85. The van der Waals surface area contributed by atoms with Crippen LogP contribution in [0.15, 0.2) is 219 Å². The lowest BCUT2D eigenvalue weighted by Crippen LogP contribution is -2.00. The van der Waals surface area contributed by atoms with Crippen molar-refractivity contribution >= 4 is 43.6 Å². The molecular weight excluding hydrogens is 757 g/mol. The van der Waals surface area contributed by atoms with Crippen molar-refractivity contribution < 1.29 is 0 Å². The predicted molar refractivity (Wildman–Crippen MR) is 253 cm³/mol. The van der Waals surface area contributed by atoms with Gasteiger partial charge in [0.05, 0.1) is 27.8 Å². The fraction of sp³-hybridized carbons (Fsp3) is 0. The number of rotatable bonds is 7. The summed E-state index contributed by atoms with van der Waals surface area (Å²) in [5, 5.41) is 4.83. The summed E-state index contributed by atoms with van der Waals surface area (Å²) in [6.07, 6.45) is 1.84. The number of hydrogen-bond acceptors (Lipinski definition) is 4. The molecule has 0 fully saturated rings. The Morgan fingerprint density at radius 3 is 1.29 bits per heavy atom. The van der Waals surface area contributed by atoms with E-state index in [0.717, 1.165) is 55.7 Å². The van der Waals surface area contributed by atoms with Gasteiger partial charge in [-0.05, 0) is 83.9 Å². The molecule has 4 heterocycles. The van der Waals surface area contributed by atoms with Crippen LogP contribution in [0.5, 0.6) is 0 Å².